The maximum atomic E-state index is 11.9. The van der Waals surface area contributed by atoms with Gasteiger partial charge in [-0.15, -0.1) is 11.3 Å². The molecule has 1 aromatic heterocycles. The quantitative estimate of drug-likeness (QED) is 0.722. The minimum atomic E-state index is -0.679. The van der Waals surface area contributed by atoms with Crippen molar-refractivity contribution >= 4 is 23.3 Å². The van der Waals surface area contributed by atoms with Crippen LogP contribution in [0.2, 0.25) is 0 Å². The molecule has 0 aromatic carbocycles. The number of nitrogens with one attached hydrogen (secondary N) is 2. The van der Waals surface area contributed by atoms with Crippen molar-refractivity contribution < 1.29 is 9.59 Å². The van der Waals surface area contributed by atoms with Crippen LogP contribution >= 0.6 is 11.3 Å². The topological polar surface area (TPSA) is 84.2 Å². The zero-order valence-corrected chi connectivity index (χ0v) is 11.4. The molecule has 6 heteroatoms. The van der Waals surface area contributed by atoms with E-state index < -0.39 is 12.1 Å². The summed E-state index contributed by atoms with van der Waals surface area (Å²) >= 11 is 1.66. The second kappa shape index (κ2) is 7.00. The lowest BCUT2D eigenvalue weighted by atomic mass is 10.0. The summed E-state index contributed by atoms with van der Waals surface area (Å²) in [4.78, 5) is 23.9. The lowest BCUT2D eigenvalue weighted by molar-refractivity contribution is -0.123. The van der Waals surface area contributed by atoms with Crippen LogP contribution in [0.4, 0.5) is 4.79 Å². The number of hydrogen-bond acceptors (Lipinski definition) is 3. The van der Waals surface area contributed by atoms with Gasteiger partial charge in [0.25, 0.3) is 0 Å². The first-order valence-corrected chi connectivity index (χ1v) is 6.74. The van der Waals surface area contributed by atoms with Crippen LogP contribution in [-0.4, -0.2) is 24.5 Å². The van der Waals surface area contributed by atoms with Gasteiger partial charge in [0.15, 0.2) is 0 Å². The van der Waals surface area contributed by atoms with Crippen molar-refractivity contribution in [3.8, 4) is 0 Å². The number of primary amides is 1. The normalized spacial score (nSPS) is 12.2. The molecule has 3 amide bonds. The fourth-order valence-corrected chi connectivity index (χ4v) is 2.27. The van der Waals surface area contributed by atoms with Crippen LogP contribution in [0.1, 0.15) is 18.7 Å². The molecule has 1 aromatic rings. The van der Waals surface area contributed by atoms with Gasteiger partial charge in [-0.3, -0.25) is 4.79 Å². The van der Waals surface area contributed by atoms with Crippen molar-refractivity contribution in [3.05, 3.63) is 22.4 Å². The molecule has 5 nitrogen and oxygen atoms in total. The molecule has 0 spiro atoms. The summed E-state index contributed by atoms with van der Waals surface area (Å²) in [6, 6.07) is 2.75. The van der Waals surface area contributed by atoms with Gasteiger partial charge in [0.05, 0.1) is 0 Å². The Labute approximate surface area is 111 Å². The van der Waals surface area contributed by atoms with Gasteiger partial charge in [-0.25, -0.2) is 4.79 Å². The molecule has 0 aliphatic rings. The van der Waals surface area contributed by atoms with E-state index in [9.17, 15) is 9.59 Å². The number of hydrogen-bond donors (Lipinski definition) is 3. The molecule has 0 saturated heterocycles. The number of nitrogens with two attached hydrogens (primary N) is 1. The van der Waals surface area contributed by atoms with Crippen molar-refractivity contribution in [2.75, 3.05) is 6.54 Å². The fourth-order valence-electron chi connectivity index (χ4n) is 1.56. The van der Waals surface area contributed by atoms with Crippen LogP contribution in [0.3, 0.4) is 0 Å². The molecule has 0 aliphatic heterocycles. The second-order valence-corrected chi connectivity index (χ2v) is 5.38. The number of carbonyl (C=O) groups is 2. The molecule has 0 aliphatic carbocycles. The summed E-state index contributed by atoms with van der Waals surface area (Å²) in [5, 5.41) is 7.26. The largest absolute Gasteiger partial charge is 0.354 e. The average Bonchev–Trinajstić information content (AvgIpc) is 2.78. The van der Waals surface area contributed by atoms with E-state index in [1.54, 1.807) is 11.3 Å². The maximum absolute atomic E-state index is 11.9. The zero-order chi connectivity index (χ0) is 13.5. The van der Waals surface area contributed by atoms with Crippen LogP contribution in [0.15, 0.2) is 17.5 Å². The van der Waals surface area contributed by atoms with E-state index in [0.29, 0.717) is 6.54 Å². The van der Waals surface area contributed by atoms with E-state index in [4.69, 9.17) is 5.73 Å². The van der Waals surface area contributed by atoms with E-state index in [0.717, 1.165) is 6.42 Å². The Kier molecular flexibility index (Phi) is 5.64. The molecule has 0 fully saturated rings. The van der Waals surface area contributed by atoms with Gasteiger partial charge >= 0.3 is 6.03 Å². The molecule has 4 N–H and O–H groups in total. The summed E-state index contributed by atoms with van der Waals surface area (Å²) in [6.45, 7) is 4.28. The summed E-state index contributed by atoms with van der Waals surface area (Å²) in [5.41, 5.74) is 5.05. The van der Waals surface area contributed by atoms with Crippen molar-refractivity contribution in [3.63, 3.8) is 0 Å². The van der Waals surface area contributed by atoms with Crippen LogP contribution in [0.5, 0.6) is 0 Å². The average molecular weight is 269 g/mol. The minimum Gasteiger partial charge on any atom is -0.354 e. The molecule has 1 rings (SSSR count). The van der Waals surface area contributed by atoms with Gasteiger partial charge in [0.1, 0.15) is 6.04 Å². The number of urea groups is 1. The van der Waals surface area contributed by atoms with Gasteiger partial charge in [-0.05, 0) is 23.8 Å². The summed E-state index contributed by atoms with van der Waals surface area (Å²) in [6.07, 6.45) is 0.796. The summed E-state index contributed by atoms with van der Waals surface area (Å²) in [5.74, 6) is -0.195. The Morgan fingerprint density at radius 2 is 2.17 bits per heavy atom. The molecular weight excluding hydrogens is 250 g/mol. The molecule has 0 bridgehead atoms. The molecule has 18 heavy (non-hydrogen) atoms. The third-order valence-electron chi connectivity index (χ3n) is 2.50. The van der Waals surface area contributed by atoms with E-state index in [1.807, 2.05) is 31.4 Å². The molecule has 1 atom stereocenters. The molecule has 1 unspecified atom stereocenters. The Morgan fingerprint density at radius 1 is 1.44 bits per heavy atom. The lowest BCUT2D eigenvalue weighted by Gasteiger charge is -2.20. The standard InChI is InChI=1S/C12H19N3O2S/c1-8(2)10(15-12(13)17)11(16)14-6-5-9-4-3-7-18-9/h3-4,7-8,10H,5-6H2,1-2H3,(H,14,16)(H3,13,15,17). The van der Waals surface area contributed by atoms with Gasteiger partial charge < -0.3 is 16.4 Å². The first kappa shape index (κ1) is 14.5. The smallest absolute Gasteiger partial charge is 0.312 e. The number of rotatable bonds is 6. The maximum Gasteiger partial charge on any atom is 0.312 e. The van der Waals surface area contributed by atoms with Gasteiger partial charge in [0, 0.05) is 11.4 Å². The highest BCUT2D eigenvalue weighted by atomic mass is 32.1. The molecule has 100 valence electrons. The number of carbonyl (C=O) groups excluding carboxylic acids is 2. The fraction of sp³-hybridized carbons (Fsp3) is 0.500. The van der Waals surface area contributed by atoms with Crippen molar-refractivity contribution in [2.45, 2.75) is 26.3 Å². The van der Waals surface area contributed by atoms with Crippen LogP contribution in [-0.2, 0) is 11.2 Å². The first-order valence-electron chi connectivity index (χ1n) is 5.86. The summed E-state index contributed by atoms with van der Waals surface area (Å²) < 4.78 is 0. The second-order valence-electron chi connectivity index (χ2n) is 4.35. The predicted molar refractivity (Wildman–Crippen MR) is 72.4 cm³/mol. The molecule has 1 heterocycles. The number of thiophene rings is 1. The van der Waals surface area contributed by atoms with Crippen molar-refractivity contribution in [1.29, 1.82) is 0 Å². The van der Waals surface area contributed by atoms with Crippen molar-refractivity contribution in [1.82, 2.24) is 10.6 Å². The van der Waals surface area contributed by atoms with E-state index in [1.165, 1.54) is 4.88 Å². The van der Waals surface area contributed by atoms with E-state index in [2.05, 4.69) is 10.6 Å². The van der Waals surface area contributed by atoms with Gasteiger partial charge in [0.2, 0.25) is 5.91 Å². The van der Waals surface area contributed by atoms with Crippen LogP contribution in [0, 0.1) is 5.92 Å². The van der Waals surface area contributed by atoms with E-state index in [-0.39, 0.29) is 11.8 Å². The first-order chi connectivity index (χ1) is 8.50. The highest BCUT2D eigenvalue weighted by molar-refractivity contribution is 7.09. The van der Waals surface area contributed by atoms with Gasteiger partial charge in [-0.1, -0.05) is 19.9 Å². The SMILES string of the molecule is CC(C)C(NC(N)=O)C(=O)NCCc1cccs1. The highest BCUT2D eigenvalue weighted by Gasteiger charge is 2.22. The highest BCUT2D eigenvalue weighted by Crippen LogP contribution is 2.08. The predicted octanol–water partition coefficient (Wildman–Crippen LogP) is 1.10. The summed E-state index contributed by atoms with van der Waals surface area (Å²) in [7, 11) is 0. The molecule has 0 radical (unpaired) electrons. The molecule has 0 saturated carbocycles. The Morgan fingerprint density at radius 3 is 2.67 bits per heavy atom. The Bertz CT molecular complexity index is 390. The third kappa shape index (κ3) is 4.75. The van der Waals surface area contributed by atoms with E-state index >= 15 is 0 Å². The lowest BCUT2D eigenvalue weighted by Crippen LogP contribution is -2.51. The Hall–Kier alpha value is -1.56. The number of amides is 3. The third-order valence-corrected chi connectivity index (χ3v) is 3.43. The molecular formula is C12H19N3O2S. The van der Waals surface area contributed by atoms with Crippen LogP contribution < -0.4 is 16.4 Å². The zero-order valence-electron chi connectivity index (χ0n) is 10.6. The monoisotopic (exact) mass is 269 g/mol. The Balaban J connectivity index is 2.39. The minimum absolute atomic E-state index is 0.000706. The van der Waals surface area contributed by atoms with Crippen molar-refractivity contribution in [2.24, 2.45) is 11.7 Å². The van der Waals surface area contributed by atoms with Crippen LogP contribution in [0.25, 0.3) is 0 Å². The van der Waals surface area contributed by atoms with Gasteiger partial charge in [-0.2, -0.15) is 0 Å².